The Bertz CT molecular complexity index is 583. The maximum atomic E-state index is 12.2. The number of carbonyl (C=O) groups excluding carboxylic acids is 2. The van der Waals surface area contributed by atoms with Crippen LogP contribution in [0.2, 0.25) is 0 Å². The predicted octanol–water partition coefficient (Wildman–Crippen LogP) is 0.881. The van der Waals surface area contributed by atoms with Gasteiger partial charge in [-0.15, -0.1) is 0 Å². The first-order valence-electron chi connectivity index (χ1n) is 7.07. The Morgan fingerprint density at radius 2 is 2.09 bits per heavy atom. The van der Waals surface area contributed by atoms with Gasteiger partial charge < -0.3 is 19.8 Å². The Hall–Kier alpha value is -2.38. The van der Waals surface area contributed by atoms with Crippen LogP contribution in [0, 0.1) is 18.8 Å². The Morgan fingerprint density at radius 3 is 2.64 bits per heavy atom. The van der Waals surface area contributed by atoms with Crippen LogP contribution in [0.25, 0.3) is 0 Å². The highest BCUT2D eigenvalue weighted by Crippen LogP contribution is 2.32. The molecule has 1 aliphatic carbocycles. The summed E-state index contributed by atoms with van der Waals surface area (Å²) < 4.78 is 4.83. The number of nitrogens with one attached hydrogen (secondary N) is 1. The molecule has 0 aromatic carbocycles. The standard InChI is InChI=1S/C14H19N3O5/c1-8-5-11(16-22-8)15-12(18)7-17(2)13(19)9-3-4-10(6-9)14(20)21/h5,9-10H,3-4,6-7H2,1-2H3,(H,20,21)(H,15,16,18)/t9-,10+/m1/s1. The first-order chi connectivity index (χ1) is 10.4. The summed E-state index contributed by atoms with van der Waals surface area (Å²) in [6.45, 7) is 1.59. The summed E-state index contributed by atoms with van der Waals surface area (Å²) in [6, 6.07) is 1.58. The minimum Gasteiger partial charge on any atom is -0.481 e. The first-order valence-corrected chi connectivity index (χ1v) is 7.07. The number of aliphatic carboxylic acids is 1. The fraction of sp³-hybridized carbons (Fsp3) is 0.571. The molecule has 1 aromatic rings. The van der Waals surface area contributed by atoms with Crippen molar-refractivity contribution in [3.8, 4) is 0 Å². The number of likely N-dealkylation sites (N-methyl/N-ethyl adjacent to an activating group) is 1. The van der Waals surface area contributed by atoms with E-state index in [-0.39, 0.29) is 24.3 Å². The Labute approximate surface area is 127 Å². The van der Waals surface area contributed by atoms with E-state index in [0.717, 1.165) is 0 Å². The number of hydrogen-bond acceptors (Lipinski definition) is 5. The van der Waals surface area contributed by atoms with Crippen molar-refractivity contribution in [1.82, 2.24) is 10.1 Å². The van der Waals surface area contributed by atoms with Gasteiger partial charge in [-0.25, -0.2) is 0 Å². The molecule has 0 aliphatic heterocycles. The lowest BCUT2D eigenvalue weighted by molar-refractivity contribution is -0.142. The van der Waals surface area contributed by atoms with Crippen molar-refractivity contribution in [2.45, 2.75) is 26.2 Å². The fourth-order valence-electron chi connectivity index (χ4n) is 2.64. The maximum Gasteiger partial charge on any atom is 0.306 e. The summed E-state index contributed by atoms with van der Waals surface area (Å²) >= 11 is 0. The molecule has 0 bridgehead atoms. The summed E-state index contributed by atoms with van der Waals surface area (Å²) in [5.41, 5.74) is 0. The van der Waals surface area contributed by atoms with E-state index in [1.165, 1.54) is 11.9 Å². The van der Waals surface area contributed by atoms with Gasteiger partial charge >= 0.3 is 5.97 Å². The Morgan fingerprint density at radius 1 is 1.41 bits per heavy atom. The van der Waals surface area contributed by atoms with Gasteiger partial charge in [0.2, 0.25) is 11.8 Å². The number of hydrogen-bond donors (Lipinski definition) is 2. The van der Waals surface area contributed by atoms with Crippen LogP contribution in [-0.4, -0.2) is 46.5 Å². The second-order valence-electron chi connectivity index (χ2n) is 5.61. The molecule has 2 rings (SSSR count). The zero-order valence-corrected chi connectivity index (χ0v) is 12.5. The van der Waals surface area contributed by atoms with E-state index in [1.807, 2.05) is 0 Å². The number of carbonyl (C=O) groups is 3. The molecule has 8 nitrogen and oxygen atoms in total. The molecular weight excluding hydrogens is 290 g/mol. The molecule has 2 atom stereocenters. The lowest BCUT2D eigenvalue weighted by Crippen LogP contribution is -2.38. The SMILES string of the molecule is Cc1cc(NC(=O)CN(C)C(=O)[C@@H]2CC[C@H](C(=O)O)C2)no1. The Balaban J connectivity index is 1.83. The molecule has 22 heavy (non-hydrogen) atoms. The van der Waals surface area contributed by atoms with E-state index in [0.29, 0.717) is 30.8 Å². The van der Waals surface area contributed by atoms with Gasteiger partial charge in [-0.05, 0) is 26.2 Å². The van der Waals surface area contributed by atoms with Crippen molar-refractivity contribution in [1.29, 1.82) is 0 Å². The third-order valence-corrected chi connectivity index (χ3v) is 3.78. The monoisotopic (exact) mass is 309 g/mol. The molecule has 1 saturated carbocycles. The third kappa shape index (κ3) is 3.84. The van der Waals surface area contributed by atoms with Gasteiger partial charge in [-0.3, -0.25) is 14.4 Å². The minimum absolute atomic E-state index is 0.112. The summed E-state index contributed by atoms with van der Waals surface area (Å²) in [6.07, 6.45) is 1.39. The third-order valence-electron chi connectivity index (χ3n) is 3.78. The molecule has 1 fully saturated rings. The highest BCUT2D eigenvalue weighted by Gasteiger charge is 2.35. The van der Waals surface area contributed by atoms with E-state index < -0.39 is 11.9 Å². The van der Waals surface area contributed by atoms with Crippen molar-refractivity contribution in [2.75, 3.05) is 18.9 Å². The largest absolute Gasteiger partial charge is 0.481 e. The second kappa shape index (κ2) is 6.59. The van der Waals surface area contributed by atoms with Crippen LogP contribution >= 0.6 is 0 Å². The fourth-order valence-corrected chi connectivity index (χ4v) is 2.64. The summed E-state index contributed by atoms with van der Waals surface area (Å²) in [7, 11) is 1.53. The van der Waals surface area contributed by atoms with Crippen molar-refractivity contribution < 1.29 is 24.0 Å². The number of carboxylic acid groups (broad SMARTS) is 1. The zero-order chi connectivity index (χ0) is 16.3. The van der Waals surface area contributed by atoms with Gasteiger partial charge in [0.25, 0.3) is 0 Å². The minimum atomic E-state index is -0.864. The predicted molar refractivity (Wildman–Crippen MR) is 76.0 cm³/mol. The smallest absolute Gasteiger partial charge is 0.306 e. The number of anilines is 1. The van der Waals surface area contributed by atoms with Crippen molar-refractivity contribution in [3.05, 3.63) is 11.8 Å². The average molecular weight is 309 g/mol. The highest BCUT2D eigenvalue weighted by molar-refractivity contribution is 5.94. The second-order valence-corrected chi connectivity index (χ2v) is 5.61. The van der Waals surface area contributed by atoms with Crippen LogP contribution < -0.4 is 5.32 Å². The van der Waals surface area contributed by atoms with Gasteiger partial charge in [0, 0.05) is 19.0 Å². The average Bonchev–Trinajstić information content (AvgIpc) is 3.07. The summed E-state index contributed by atoms with van der Waals surface area (Å²) in [4.78, 5) is 36.3. The van der Waals surface area contributed by atoms with E-state index in [1.54, 1.807) is 13.0 Å². The maximum absolute atomic E-state index is 12.2. The van der Waals surface area contributed by atoms with Gasteiger partial charge in [0.05, 0.1) is 12.5 Å². The molecule has 120 valence electrons. The van der Waals surface area contributed by atoms with E-state index >= 15 is 0 Å². The van der Waals surface area contributed by atoms with Crippen molar-refractivity contribution in [2.24, 2.45) is 11.8 Å². The summed E-state index contributed by atoms with van der Waals surface area (Å²) in [5.74, 6) is -1.35. The number of carboxylic acids is 1. The van der Waals surface area contributed by atoms with Crippen LogP contribution in [0.3, 0.4) is 0 Å². The van der Waals surface area contributed by atoms with Crippen LogP contribution in [0.1, 0.15) is 25.0 Å². The topological polar surface area (TPSA) is 113 Å². The Kier molecular flexibility index (Phi) is 4.79. The van der Waals surface area contributed by atoms with E-state index in [4.69, 9.17) is 9.63 Å². The van der Waals surface area contributed by atoms with Gasteiger partial charge in [-0.2, -0.15) is 0 Å². The van der Waals surface area contributed by atoms with Crippen LogP contribution in [0.4, 0.5) is 5.82 Å². The number of amides is 2. The number of rotatable bonds is 5. The van der Waals surface area contributed by atoms with Crippen LogP contribution in [0.5, 0.6) is 0 Å². The molecule has 8 heteroatoms. The summed E-state index contributed by atoms with van der Waals surface area (Å²) in [5, 5.41) is 15.1. The van der Waals surface area contributed by atoms with Crippen molar-refractivity contribution >= 4 is 23.6 Å². The molecule has 2 N–H and O–H groups in total. The van der Waals surface area contributed by atoms with Gasteiger partial charge in [0.1, 0.15) is 5.76 Å². The molecule has 1 heterocycles. The van der Waals surface area contributed by atoms with Crippen molar-refractivity contribution in [3.63, 3.8) is 0 Å². The normalized spacial score (nSPS) is 20.6. The number of aromatic nitrogens is 1. The number of aryl methyl sites for hydroxylation is 1. The molecule has 1 aliphatic rings. The molecule has 0 unspecified atom stereocenters. The molecule has 0 radical (unpaired) electrons. The van der Waals surface area contributed by atoms with Crippen LogP contribution in [-0.2, 0) is 14.4 Å². The molecule has 0 spiro atoms. The quantitative estimate of drug-likeness (QED) is 0.835. The number of nitrogens with zero attached hydrogens (tertiary/aromatic N) is 2. The van der Waals surface area contributed by atoms with Gasteiger partial charge in [0.15, 0.2) is 5.82 Å². The van der Waals surface area contributed by atoms with E-state index in [2.05, 4.69) is 10.5 Å². The van der Waals surface area contributed by atoms with Gasteiger partial charge in [-0.1, -0.05) is 5.16 Å². The highest BCUT2D eigenvalue weighted by atomic mass is 16.5. The molecule has 1 aromatic heterocycles. The molecule has 0 saturated heterocycles. The molecular formula is C14H19N3O5. The lowest BCUT2D eigenvalue weighted by atomic mass is 10.0. The first kappa shape index (κ1) is 16.0. The van der Waals surface area contributed by atoms with Crippen LogP contribution in [0.15, 0.2) is 10.6 Å². The zero-order valence-electron chi connectivity index (χ0n) is 12.5. The molecule has 2 amide bonds. The lowest BCUT2D eigenvalue weighted by Gasteiger charge is -2.20. The van der Waals surface area contributed by atoms with E-state index in [9.17, 15) is 14.4 Å².